The number of sulfonamides is 1. The molecule has 1 saturated heterocycles. The second kappa shape index (κ2) is 6.29. The second-order valence-electron chi connectivity index (χ2n) is 5.30. The number of likely N-dealkylation sites (N-methyl/N-ethyl adjacent to an activating group) is 1. The van der Waals surface area contributed by atoms with Gasteiger partial charge < -0.3 is 10.0 Å². The van der Waals surface area contributed by atoms with Gasteiger partial charge in [0.05, 0.1) is 6.61 Å². The predicted molar refractivity (Wildman–Crippen MR) is 80.9 cm³/mol. The molecule has 0 saturated carbocycles. The lowest BCUT2D eigenvalue weighted by Crippen LogP contribution is -2.35. The largest absolute Gasteiger partial charge is 0.392 e. The van der Waals surface area contributed by atoms with Crippen LogP contribution in [0, 0.1) is 5.82 Å². The third-order valence-corrected chi connectivity index (χ3v) is 6.05. The van der Waals surface area contributed by atoms with E-state index in [9.17, 15) is 12.8 Å². The fourth-order valence-electron chi connectivity index (χ4n) is 2.41. The van der Waals surface area contributed by atoms with Crippen LogP contribution in [0.5, 0.6) is 0 Å². The molecule has 2 rings (SSSR count). The summed E-state index contributed by atoms with van der Waals surface area (Å²) in [4.78, 5) is 1.58. The monoisotopic (exact) mass is 380 g/mol. The fraction of sp³-hybridized carbons (Fsp3) is 0.538. The summed E-state index contributed by atoms with van der Waals surface area (Å²) in [6, 6.07) is 2.75. The van der Waals surface area contributed by atoms with Crippen molar-refractivity contribution in [3.05, 3.63) is 28.0 Å². The number of hydrogen-bond donors (Lipinski definition) is 1. The first-order valence-corrected chi connectivity index (χ1v) is 8.76. The smallest absolute Gasteiger partial charge is 0.246 e. The minimum absolute atomic E-state index is 0.0358. The molecule has 21 heavy (non-hydrogen) atoms. The first-order valence-electron chi connectivity index (χ1n) is 6.52. The van der Waals surface area contributed by atoms with E-state index in [-0.39, 0.29) is 16.5 Å². The SMILES string of the molecule is CN(C)C1CCN(S(=O)(=O)c2cc(Br)cc(CO)c2F)C1. The van der Waals surface area contributed by atoms with Gasteiger partial charge in [0.2, 0.25) is 10.0 Å². The molecule has 5 nitrogen and oxygen atoms in total. The Balaban J connectivity index is 2.39. The zero-order chi connectivity index (χ0) is 15.8. The molecule has 0 aliphatic carbocycles. The van der Waals surface area contributed by atoms with Crippen LogP contribution in [0.1, 0.15) is 12.0 Å². The summed E-state index contributed by atoms with van der Waals surface area (Å²) in [6.07, 6.45) is 0.717. The number of aliphatic hydroxyl groups excluding tert-OH is 1. The van der Waals surface area contributed by atoms with E-state index in [0.29, 0.717) is 24.0 Å². The van der Waals surface area contributed by atoms with Gasteiger partial charge in [-0.2, -0.15) is 4.31 Å². The highest BCUT2D eigenvalue weighted by atomic mass is 79.9. The molecule has 1 aliphatic rings. The predicted octanol–water partition coefficient (Wildman–Crippen LogP) is 1.41. The Hall–Kier alpha value is -0.540. The van der Waals surface area contributed by atoms with Gasteiger partial charge in [-0.1, -0.05) is 15.9 Å². The van der Waals surface area contributed by atoms with Crippen molar-refractivity contribution in [2.45, 2.75) is 24.0 Å². The van der Waals surface area contributed by atoms with Crippen LogP contribution >= 0.6 is 15.9 Å². The van der Waals surface area contributed by atoms with Crippen LogP contribution in [0.3, 0.4) is 0 Å². The van der Waals surface area contributed by atoms with Gasteiger partial charge in [0, 0.05) is 29.2 Å². The molecule has 0 radical (unpaired) electrons. The maximum atomic E-state index is 14.3. The average molecular weight is 381 g/mol. The van der Waals surface area contributed by atoms with Crippen molar-refractivity contribution in [3.63, 3.8) is 0 Å². The Morgan fingerprint density at radius 2 is 2.14 bits per heavy atom. The fourth-order valence-corrected chi connectivity index (χ4v) is 4.69. The summed E-state index contributed by atoms with van der Waals surface area (Å²) in [5.74, 6) is -0.881. The van der Waals surface area contributed by atoms with Crippen molar-refractivity contribution >= 4 is 26.0 Å². The Morgan fingerprint density at radius 3 is 2.67 bits per heavy atom. The van der Waals surface area contributed by atoms with Crippen molar-refractivity contribution in [1.82, 2.24) is 9.21 Å². The van der Waals surface area contributed by atoms with E-state index in [2.05, 4.69) is 15.9 Å². The molecule has 0 aromatic heterocycles. The van der Waals surface area contributed by atoms with Crippen molar-refractivity contribution in [1.29, 1.82) is 0 Å². The summed E-state index contributed by atoms with van der Waals surface area (Å²) < 4.78 is 41.2. The van der Waals surface area contributed by atoms with Gasteiger partial charge in [0.1, 0.15) is 10.7 Å². The van der Waals surface area contributed by atoms with E-state index in [1.165, 1.54) is 16.4 Å². The van der Waals surface area contributed by atoms with Gasteiger partial charge in [0.15, 0.2) is 0 Å². The molecule has 1 unspecified atom stereocenters. The third-order valence-electron chi connectivity index (χ3n) is 3.72. The van der Waals surface area contributed by atoms with E-state index >= 15 is 0 Å². The Labute approximate surface area is 132 Å². The maximum absolute atomic E-state index is 14.3. The molecule has 0 bridgehead atoms. The molecular weight excluding hydrogens is 363 g/mol. The van der Waals surface area contributed by atoms with Crippen LogP contribution < -0.4 is 0 Å². The average Bonchev–Trinajstić information content (AvgIpc) is 2.91. The first kappa shape index (κ1) is 16.8. The zero-order valence-corrected chi connectivity index (χ0v) is 14.3. The number of benzene rings is 1. The number of hydrogen-bond acceptors (Lipinski definition) is 4. The van der Waals surface area contributed by atoms with Crippen LogP contribution in [0.4, 0.5) is 4.39 Å². The quantitative estimate of drug-likeness (QED) is 0.857. The maximum Gasteiger partial charge on any atom is 0.246 e. The number of nitrogens with zero attached hydrogens (tertiary/aromatic N) is 2. The lowest BCUT2D eigenvalue weighted by atomic mass is 10.2. The lowest BCUT2D eigenvalue weighted by Gasteiger charge is -2.21. The highest BCUT2D eigenvalue weighted by Gasteiger charge is 2.35. The molecule has 0 spiro atoms. The van der Waals surface area contributed by atoms with E-state index in [4.69, 9.17) is 5.11 Å². The van der Waals surface area contributed by atoms with Crippen molar-refractivity contribution in [2.24, 2.45) is 0 Å². The summed E-state index contributed by atoms with van der Waals surface area (Å²) in [6.45, 7) is 0.162. The molecule has 0 amide bonds. The zero-order valence-electron chi connectivity index (χ0n) is 11.9. The minimum Gasteiger partial charge on any atom is -0.392 e. The van der Waals surface area contributed by atoms with E-state index in [0.717, 1.165) is 0 Å². The van der Waals surface area contributed by atoms with Crippen molar-refractivity contribution < 1.29 is 17.9 Å². The molecule has 1 heterocycles. The molecule has 1 N–H and O–H groups in total. The highest BCUT2D eigenvalue weighted by Crippen LogP contribution is 2.29. The second-order valence-corrected chi connectivity index (χ2v) is 8.13. The van der Waals surface area contributed by atoms with Gasteiger partial charge in [-0.3, -0.25) is 0 Å². The van der Waals surface area contributed by atoms with Gasteiger partial charge in [0.25, 0.3) is 0 Å². The Bertz CT molecular complexity index is 637. The third kappa shape index (κ3) is 3.29. The standard InChI is InChI=1S/C13H18BrFN2O3S/c1-16(2)11-3-4-17(7-11)21(19,20)12-6-10(14)5-9(8-18)13(12)15/h5-6,11,18H,3-4,7-8H2,1-2H3. The molecule has 1 aromatic rings. The van der Waals surface area contributed by atoms with Crippen LogP contribution in [-0.2, 0) is 16.6 Å². The Morgan fingerprint density at radius 1 is 1.48 bits per heavy atom. The van der Waals surface area contributed by atoms with Gasteiger partial charge in [-0.05, 0) is 32.6 Å². The number of halogens is 2. The molecule has 8 heteroatoms. The van der Waals surface area contributed by atoms with E-state index in [1.54, 1.807) is 0 Å². The van der Waals surface area contributed by atoms with Crippen molar-refractivity contribution in [3.8, 4) is 0 Å². The summed E-state index contributed by atoms with van der Waals surface area (Å²) in [7, 11) is -0.114. The highest BCUT2D eigenvalue weighted by molar-refractivity contribution is 9.10. The lowest BCUT2D eigenvalue weighted by molar-refractivity contribution is 0.274. The molecular formula is C13H18BrFN2O3S. The van der Waals surface area contributed by atoms with Crippen LogP contribution in [0.25, 0.3) is 0 Å². The van der Waals surface area contributed by atoms with Crippen LogP contribution in [-0.4, -0.2) is 56.0 Å². The first-order chi connectivity index (χ1) is 9.77. The van der Waals surface area contributed by atoms with Gasteiger partial charge in [-0.25, -0.2) is 12.8 Å². The molecule has 1 aliphatic heterocycles. The normalized spacial score (nSPS) is 20.4. The summed E-state index contributed by atoms with van der Waals surface area (Å²) >= 11 is 3.16. The van der Waals surface area contributed by atoms with Gasteiger partial charge >= 0.3 is 0 Å². The molecule has 1 fully saturated rings. The molecule has 118 valence electrons. The molecule has 1 aromatic carbocycles. The van der Waals surface area contributed by atoms with Crippen LogP contribution in [0.2, 0.25) is 0 Å². The topological polar surface area (TPSA) is 60.9 Å². The number of aliphatic hydroxyl groups is 1. The summed E-state index contributed by atoms with van der Waals surface area (Å²) in [5, 5.41) is 9.14. The van der Waals surface area contributed by atoms with E-state index in [1.807, 2.05) is 19.0 Å². The minimum atomic E-state index is -3.90. The summed E-state index contributed by atoms with van der Waals surface area (Å²) in [5.41, 5.74) is -0.0358. The molecule has 1 atom stereocenters. The van der Waals surface area contributed by atoms with Crippen molar-refractivity contribution in [2.75, 3.05) is 27.2 Å². The number of rotatable bonds is 4. The van der Waals surface area contributed by atoms with Gasteiger partial charge in [-0.15, -0.1) is 0 Å². The van der Waals surface area contributed by atoms with E-state index < -0.39 is 22.4 Å². The Kier molecular flexibility index (Phi) is 5.04. The van der Waals surface area contributed by atoms with Crippen LogP contribution in [0.15, 0.2) is 21.5 Å².